The maximum Gasteiger partial charge on any atom is -0.0355 e. The average Bonchev–Trinajstić information content (AvgIpc) is 2.27. The average molecular weight is 194 g/mol. The molecule has 2 fully saturated rings. The first-order valence-electron chi connectivity index (χ1n) is 6.83. The monoisotopic (exact) mass is 194 g/mol. The Kier molecular flexibility index (Phi) is 3.52. The molecular formula is C14H26. The van der Waals surface area contributed by atoms with Crippen LogP contribution in [0.15, 0.2) is 0 Å². The molecule has 0 bridgehead atoms. The van der Waals surface area contributed by atoms with Crippen molar-refractivity contribution in [3.8, 4) is 0 Å². The van der Waals surface area contributed by atoms with Crippen LogP contribution in [0, 0.1) is 23.7 Å². The summed E-state index contributed by atoms with van der Waals surface area (Å²) in [4.78, 5) is 0. The molecule has 2 aliphatic rings. The number of hydrogen-bond acceptors (Lipinski definition) is 0. The van der Waals surface area contributed by atoms with Crippen LogP contribution in [-0.2, 0) is 0 Å². The van der Waals surface area contributed by atoms with E-state index < -0.39 is 0 Å². The van der Waals surface area contributed by atoms with Gasteiger partial charge in [0.2, 0.25) is 0 Å². The molecule has 2 rings (SSSR count). The second-order valence-corrected chi connectivity index (χ2v) is 5.69. The number of hydrogen-bond donors (Lipinski definition) is 0. The van der Waals surface area contributed by atoms with E-state index in [4.69, 9.17) is 0 Å². The van der Waals surface area contributed by atoms with E-state index in [-0.39, 0.29) is 0 Å². The second kappa shape index (κ2) is 4.68. The molecule has 2 aliphatic carbocycles. The molecule has 0 N–H and O–H groups in total. The van der Waals surface area contributed by atoms with Gasteiger partial charge in [-0.3, -0.25) is 0 Å². The van der Waals surface area contributed by atoms with Crippen LogP contribution >= 0.6 is 0 Å². The lowest BCUT2D eigenvalue weighted by atomic mass is 9.62. The van der Waals surface area contributed by atoms with E-state index in [1.165, 1.54) is 32.1 Å². The molecule has 0 heteroatoms. The van der Waals surface area contributed by atoms with Gasteiger partial charge in [-0.2, -0.15) is 0 Å². The zero-order chi connectivity index (χ0) is 9.97. The summed E-state index contributed by atoms with van der Waals surface area (Å²) in [6.45, 7) is 4.86. The predicted molar refractivity (Wildman–Crippen MR) is 62.2 cm³/mol. The predicted octanol–water partition coefficient (Wildman–Crippen LogP) is 4.64. The molecule has 0 radical (unpaired) electrons. The van der Waals surface area contributed by atoms with Crippen molar-refractivity contribution >= 4 is 0 Å². The molecule has 0 aromatic rings. The smallest absolute Gasteiger partial charge is 0.0355 e. The van der Waals surface area contributed by atoms with E-state index in [1.807, 2.05) is 0 Å². The van der Waals surface area contributed by atoms with Crippen molar-refractivity contribution in [3.05, 3.63) is 0 Å². The van der Waals surface area contributed by atoms with Crippen molar-refractivity contribution in [2.75, 3.05) is 0 Å². The van der Waals surface area contributed by atoms with Gasteiger partial charge in [0.05, 0.1) is 0 Å². The summed E-state index contributed by atoms with van der Waals surface area (Å²) in [6.07, 6.45) is 12.2. The van der Waals surface area contributed by atoms with E-state index >= 15 is 0 Å². The Morgan fingerprint density at radius 2 is 1.71 bits per heavy atom. The van der Waals surface area contributed by atoms with E-state index in [9.17, 15) is 0 Å². The first-order chi connectivity index (χ1) is 6.83. The Balaban J connectivity index is 2.01. The molecule has 0 aliphatic heterocycles. The first kappa shape index (κ1) is 10.5. The van der Waals surface area contributed by atoms with Crippen molar-refractivity contribution in [1.82, 2.24) is 0 Å². The van der Waals surface area contributed by atoms with Gasteiger partial charge < -0.3 is 0 Å². The molecular weight excluding hydrogens is 168 g/mol. The Bertz CT molecular complexity index is 169. The third-order valence-electron chi connectivity index (χ3n) is 5.01. The zero-order valence-corrected chi connectivity index (χ0v) is 9.97. The fourth-order valence-electron chi connectivity index (χ4n) is 4.00. The summed E-state index contributed by atoms with van der Waals surface area (Å²) in [5, 5.41) is 0. The minimum Gasteiger partial charge on any atom is -0.0651 e. The molecule has 4 atom stereocenters. The van der Waals surface area contributed by atoms with Crippen molar-refractivity contribution in [3.63, 3.8) is 0 Å². The van der Waals surface area contributed by atoms with Crippen molar-refractivity contribution in [2.45, 2.75) is 65.2 Å². The molecule has 14 heavy (non-hydrogen) atoms. The first-order valence-corrected chi connectivity index (χ1v) is 6.83. The van der Waals surface area contributed by atoms with Gasteiger partial charge in [-0.15, -0.1) is 0 Å². The van der Waals surface area contributed by atoms with Crippen molar-refractivity contribution in [1.29, 1.82) is 0 Å². The SMILES string of the molecule is CCC(C)C1CCCC2CCCCC21. The third kappa shape index (κ3) is 1.99. The number of rotatable bonds is 2. The van der Waals surface area contributed by atoms with Gasteiger partial charge in [-0.05, 0) is 36.5 Å². The molecule has 0 spiro atoms. The van der Waals surface area contributed by atoms with Crippen LogP contribution in [0.2, 0.25) is 0 Å². The fourth-order valence-corrected chi connectivity index (χ4v) is 4.00. The molecule has 4 unspecified atom stereocenters. The van der Waals surface area contributed by atoms with Crippen LogP contribution in [0.4, 0.5) is 0 Å². The van der Waals surface area contributed by atoms with Crippen LogP contribution in [0.25, 0.3) is 0 Å². The standard InChI is InChI=1S/C14H26/c1-3-11(2)13-10-6-8-12-7-4-5-9-14(12)13/h11-14H,3-10H2,1-2H3. The van der Waals surface area contributed by atoms with Crippen LogP contribution in [0.3, 0.4) is 0 Å². The van der Waals surface area contributed by atoms with Crippen molar-refractivity contribution in [2.24, 2.45) is 23.7 Å². The van der Waals surface area contributed by atoms with E-state index in [0.717, 1.165) is 23.7 Å². The van der Waals surface area contributed by atoms with Crippen molar-refractivity contribution < 1.29 is 0 Å². The van der Waals surface area contributed by atoms with Crippen LogP contribution in [0.5, 0.6) is 0 Å². The van der Waals surface area contributed by atoms with Gasteiger partial charge in [0.25, 0.3) is 0 Å². The van der Waals surface area contributed by atoms with Gasteiger partial charge >= 0.3 is 0 Å². The molecule has 0 nitrogen and oxygen atoms in total. The summed E-state index contributed by atoms with van der Waals surface area (Å²) in [7, 11) is 0. The summed E-state index contributed by atoms with van der Waals surface area (Å²) in [5.74, 6) is 4.31. The second-order valence-electron chi connectivity index (χ2n) is 5.69. The van der Waals surface area contributed by atoms with Gasteiger partial charge in [0.15, 0.2) is 0 Å². The Morgan fingerprint density at radius 3 is 2.50 bits per heavy atom. The molecule has 0 saturated heterocycles. The van der Waals surface area contributed by atoms with E-state index in [2.05, 4.69) is 13.8 Å². The Labute approximate surface area is 89.5 Å². The number of fused-ring (bicyclic) bond motifs is 1. The Morgan fingerprint density at radius 1 is 1.00 bits per heavy atom. The molecule has 2 saturated carbocycles. The normalized spacial score (nSPS) is 40.3. The van der Waals surface area contributed by atoms with E-state index in [0.29, 0.717) is 0 Å². The highest BCUT2D eigenvalue weighted by Crippen LogP contribution is 2.46. The zero-order valence-electron chi connectivity index (χ0n) is 9.97. The highest BCUT2D eigenvalue weighted by molar-refractivity contribution is 4.86. The lowest BCUT2D eigenvalue weighted by Crippen LogP contribution is -2.34. The van der Waals surface area contributed by atoms with Gasteiger partial charge in [-0.25, -0.2) is 0 Å². The Hall–Kier alpha value is 0. The summed E-state index contributed by atoms with van der Waals surface area (Å²) in [6, 6.07) is 0. The quantitative estimate of drug-likeness (QED) is 0.601. The maximum atomic E-state index is 2.49. The molecule has 82 valence electrons. The molecule has 0 aromatic heterocycles. The maximum absolute atomic E-state index is 2.49. The third-order valence-corrected chi connectivity index (χ3v) is 5.01. The van der Waals surface area contributed by atoms with Crippen LogP contribution in [-0.4, -0.2) is 0 Å². The van der Waals surface area contributed by atoms with Gasteiger partial charge in [-0.1, -0.05) is 52.4 Å². The lowest BCUT2D eigenvalue weighted by molar-refractivity contribution is 0.0681. The largest absolute Gasteiger partial charge is 0.0651 e. The minimum atomic E-state index is 0.987. The summed E-state index contributed by atoms with van der Waals surface area (Å²) < 4.78 is 0. The van der Waals surface area contributed by atoms with E-state index in [1.54, 1.807) is 19.3 Å². The fraction of sp³-hybridized carbons (Fsp3) is 1.00. The summed E-state index contributed by atoms with van der Waals surface area (Å²) in [5.41, 5.74) is 0. The molecule has 0 amide bonds. The van der Waals surface area contributed by atoms with Gasteiger partial charge in [0, 0.05) is 0 Å². The minimum absolute atomic E-state index is 0.987. The molecule has 0 aromatic carbocycles. The van der Waals surface area contributed by atoms with Crippen LogP contribution < -0.4 is 0 Å². The van der Waals surface area contributed by atoms with Gasteiger partial charge in [0.1, 0.15) is 0 Å². The highest BCUT2D eigenvalue weighted by atomic mass is 14.4. The van der Waals surface area contributed by atoms with Crippen LogP contribution in [0.1, 0.15) is 65.2 Å². The highest BCUT2D eigenvalue weighted by Gasteiger charge is 2.36. The topological polar surface area (TPSA) is 0 Å². The summed E-state index contributed by atoms with van der Waals surface area (Å²) >= 11 is 0. The lowest BCUT2D eigenvalue weighted by Gasteiger charge is -2.44. The molecule has 0 heterocycles.